The number of amides is 1. The van der Waals surface area contributed by atoms with Gasteiger partial charge in [-0.2, -0.15) is 0 Å². The van der Waals surface area contributed by atoms with E-state index in [1.807, 2.05) is 33.3 Å². The first kappa shape index (κ1) is 76.9. The van der Waals surface area contributed by atoms with Crippen LogP contribution < -0.4 is 10.2 Å². The summed E-state index contributed by atoms with van der Waals surface area (Å²) in [6.07, 6.45) is 79.5. The van der Waals surface area contributed by atoms with E-state index < -0.39 is 26.6 Å². The number of ether oxygens (including phenoxy) is 1. The number of rotatable bonds is 59. The molecule has 0 spiro atoms. The second kappa shape index (κ2) is 59.1. The molecule has 0 aromatic carbocycles. The summed E-state index contributed by atoms with van der Waals surface area (Å²) in [6, 6.07) is -0.912. The lowest BCUT2D eigenvalue weighted by Crippen LogP contribution is -2.47. The molecule has 9 nitrogen and oxygen atoms in total. The predicted octanol–water partition coefficient (Wildman–Crippen LogP) is 20.1. The van der Waals surface area contributed by atoms with Gasteiger partial charge < -0.3 is 28.5 Å². The van der Waals surface area contributed by atoms with Gasteiger partial charge >= 0.3 is 5.97 Å². The molecule has 0 bridgehead atoms. The van der Waals surface area contributed by atoms with Crippen molar-refractivity contribution in [2.24, 2.45) is 0 Å². The number of carbonyl (C=O) groups excluding carboxylic acids is 2. The fraction of sp³-hybridized carbons (Fsp3) is 0.743. The van der Waals surface area contributed by atoms with E-state index in [1.54, 1.807) is 0 Å². The minimum Gasteiger partial charge on any atom is -0.756 e. The van der Waals surface area contributed by atoms with E-state index in [0.717, 1.165) is 103 Å². The number of quaternary nitrogens is 1. The SMILES string of the molecule is CCCCC/C=C\C/C=C\C/C=C\C/C=C\CCCCCC(=O)NC(COP(=O)([O-])OCC[N+](C)(C)C)C(/C=C/CCCCCCCCCCCC)OC(=O)CCCCCCCCCCCC/C=C\C/C=C\C/C=C\CCCCC. The molecule has 0 aliphatic rings. The lowest BCUT2D eigenvalue weighted by Gasteiger charge is -2.30. The Hall–Kier alpha value is -3.07. The van der Waals surface area contributed by atoms with Crippen molar-refractivity contribution in [1.82, 2.24) is 5.32 Å². The number of nitrogens with zero attached hydrogens (tertiary/aromatic N) is 1. The molecule has 3 unspecified atom stereocenters. The quantitative estimate of drug-likeness (QED) is 0.0212. The lowest BCUT2D eigenvalue weighted by molar-refractivity contribution is -0.870. The Balaban J connectivity index is 5.24. The zero-order valence-electron chi connectivity index (χ0n) is 52.8. The first-order chi connectivity index (χ1) is 38.9. The van der Waals surface area contributed by atoms with Crippen LogP contribution in [0, 0.1) is 0 Å². The van der Waals surface area contributed by atoms with Crippen molar-refractivity contribution < 1.29 is 37.3 Å². The van der Waals surface area contributed by atoms with Crippen molar-refractivity contribution in [2.45, 2.75) is 296 Å². The van der Waals surface area contributed by atoms with E-state index in [4.69, 9.17) is 13.8 Å². The zero-order valence-corrected chi connectivity index (χ0v) is 53.7. The molecule has 0 aromatic rings. The zero-order chi connectivity index (χ0) is 58.6. The number of likely N-dealkylation sites (N-methyl/N-ethyl adjacent to an activating group) is 1. The Bertz CT molecular complexity index is 1690. The van der Waals surface area contributed by atoms with Crippen molar-refractivity contribution >= 4 is 19.7 Å². The standard InChI is InChI=1S/C70H125N2O7P/c1-7-10-13-16-19-22-25-28-30-32-34-35-36-37-39-41-43-45-48-51-54-57-60-63-70(74)79-68(61-58-55-52-49-46-27-24-21-18-15-12-9-3)67(66-78-80(75,76)77-65-64-72(4,5)6)71-69(73)62-59-56-53-50-47-44-42-40-38-33-31-29-26-23-20-17-14-11-8-2/h19-20,22-23,28-31,34-35,38,40,44,47,58,61,67-68H,7-18,21,24-27,32-33,36-37,39,41-43,45-46,48-57,59-60,62-66H2,1-6H3,(H-,71,73,75,76)/b22-19-,23-20-,30-28-,31-29-,35-34-,40-38-,47-44-,61-58+. The average molecular weight is 1140 g/mol. The maximum Gasteiger partial charge on any atom is 0.306 e. The molecule has 0 radical (unpaired) electrons. The minimum atomic E-state index is -4.72. The smallest absolute Gasteiger partial charge is 0.306 e. The Morgan fingerprint density at radius 1 is 0.438 bits per heavy atom. The predicted molar refractivity (Wildman–Crippen MR) is 344 cm³/mol. The van der Waals surface area contributed by atoms with Crippen molar-refractivity contribution in [1.29, 1.82) is 0 Å². The summed E-state index contributed by atoms with van der Waals surface area (Å²) in [5.74, 6) is -0.582. The topological polar surface area (TPSA) is 114 Å². The van der Waals surface area contributed by atoms with E-state index in [1.165, 1.54) is 141 Å². The lowest BCUT2D eigenvalue weighted by atomic mass is 10.0. The number of hydrogen-bond donors (Lipinski definition) is 1. The molecular weight excluding hydrogens is 1010 g/mol. The second-order valence-corrected chi connectivity index (χ2v) is 24.7. The minimum absolute atomic E-state index is 0.0334. The summed E-state index contributed by atoms with van der Waals surface area (Å²) in [5.41, 5.74) is 0. The first-order valence-corrected chi connectivity index (χ1v) is 34.5. The van der Waals surface area contributed by atoms with Gasteiger partial charge in [0.15, 0.2) is 0 Å². The van der Waals surface area contributed by atoms with Crippen LogP contribution >= 0.6 is 7.82 Å². The van der Waals surface area contributed by atoms with E-state index in [2.05, 4.69) is 111 Å². The molecule has 462 valence electrons. The van der Waals surface area contributed by atoms with E-state index >= 15 is 0 Å². The Morgan fingerprint density at radius 2 is 0.762 bits per heavy atom. The normalized spacial score (nSPS) is 14.2. The molecule has 1 amide bonds. The van der Waals surface area contributed by atoms with Crippen LogP contribution in [0.25, 0.3) is 0 Å². The Morgan fingerprint density at radius 3 is 1.18 bits per heavy atom. The van der Waals surface area contributed by atoms with Crippen LogP contribution in [-0.2, 0) is 27.9 Å². The first-order valence-electron chi connectivity index (χ1n) is 33.0. The molecule has 80 heavy (non-hydrogen) atoms. The van der Waals surface area contributed by atoms with Crippen molar-refractivity contribution in [2.75, 3.05) is 40.9 Å². The highest BCUT2D eigenvalue weighted by molar-refractivity contribution is 7.45. The van der Waals surface area contributed by atoms with Gasteiger partial charge in [-0.1, -0.05) is 253 Å². The van der Waals surface area contributed by atoms with Crippen LogP contribution in [-0.4, -0.2) is 69.4 Å². The molecule has 10 heteroatoms. The molecule has 0 heterocycles. The highest BCUT2D eigenvalue weighted by Crippen LogP contribution is 2.38. The largest absolute Gasteiger partial charge is 0.756 e. The van der Waals surface area contributed by atoms with Crippen LogP contribution in [0.2, 0.25) is 0 Å². The molecule has 0 saturated heterocycles. The van der Waals surface area contributed by atoms with E-state index in [0.29, 0.717) is 17.4 Å². The van der Waals surface area contributed by atoms with Gasteiger partial charge in [0.25, 0.3) is 7.82 Å². The Labute approximate surface area is 494 Å². The summed E-state index contributed by atoms with van der Waals surface area (Å²) in [4.78, 5) is 40.1. The molecule has 0 aromatic heterocycles. The summed E-state index contributed by atoms with van der Waals surface area (Å²) < 4.78 is 30.3. The molecule has 0 fully saturated rings. The molecule has 0 saturated carbocycles. The van der Waals surface area contributed by atoms with Crippen LogP contribution in [0.1, 0.15) is 284 Å². The number of allylic oxidation sites excluding steroid dienone is 15. The van der Waals surface area contributed by atoms with Gasteiger partial charge in [-0.05, 0) is 115 Å². The van der Waals surface area contributed by atoms with Crippen LogP contribution in [0.15, 0.2) is 97.2 Å². The number of nitrogens with one attached hydrogen (secondary N) is 1. The summed E-state index contributed by atoms with van der Waals surface area (Å²) in [7, 11) is 1.15. The maximum absolute atomic E-state index is 13.5. The molecular formula is C70H125N2O7P. The van der Waals surface area contributed by atoms with Crippen LogP contribution in [0.4, 0.5) is 0 Å². The number of unbranched alkanes of at least 4 members (excludes halogenated alkanes) is 29. The van der Waals surface area contributed by atoms with Gasteiger partial charge in [0, 0.05) is 12.8 Å². The molecule has 0 aliphatic carbocycles. The number of hydrogen-bond acceptors (Lipinski definition) is 7. The monoisotopic (exact) mass is 1140 g/mol. The second-order valence-electron chi connectivity index (χ2n) is 23.3. The van der Waals surface area contributed by atoms with Gasteiger partial charge in [-0.3, -0.25) is 14.2 Å². The third kappa shape index (κ3) is 59.5. The highest BCUT2D eigenvalue weighted by atomic mass is 31.2. The van der Waals surface area contributed by atoms with Gasteiger partial charge in [0.05, 0.1) is 33.8 Å². The third-order valence-corrected chi connectivity index (χ3v) is 15.2. The van der Waals surface area contributed by atoms with Gasteiger partial charge in [-0.15, -0.1) is 0 Å². The molecule has 0 aliphatic heterocycles. The number of carbonyl (C=O) groups is 2. The fourth-order valence-corrected chi connectivity index (χ4v) is 9.82. The van der Waals surface area contributed by atoms with Crippen molar-refractivity contribution in [3.8, 4) is 0 Å². The number of phosphoric acid groups is 1. The van der Waals surface area contributed by atoms with Gasteiger partial charge in [0.1, 0.15) is 19.3 Å². The van der Waals surface area contributed by atoms with E-state index in [9.17, 15) is 19.0 Å². The summed E-state index contributed by atoms with van der Waals surface area (Å²) >= 11 is 0. The maximum atomic E-state index is 13.5. The summed E-state index contributed by atoms with van der Waals surface area (Å²) in [6.45, 7) is 6.76. The molecule has 3 atom stereocenters. The molecule has 0 rings (SSSR count). The number of esters is 1. The van der Waals surface area contributed by atoms with Gasteiger partial charge in [0.2, 0.25) is 5.91 Å². The highest BCUT2D eigenvalue weighted by Gasteiger charge is 2.27. The molecule has 1 N–H and O–H groups in total. The van der Waals surface area contributed by atoms with Crippen molar-refractivity contribution in [3.63, 3.8) is 0 Å². The Kier molecular flexibility index (Phi) is 56.8. The van der Waals surface area contributed by atoms with Gasteiger partial charge in [-0.25, -0.2) is 0 Å². The van der Waals surface area contributed by atoms with Crippen molar-refractivity contribution in [3.05, 3.63) is 97.2 Å². The fourth-order valence-electron chi connectivity index (χ4n) is 9.10. The number of phosphoric ester groups is 1. The average Bonchev–Trinajstić information content (AvgIpc) is 3.42. The summed E-state index contributed by atoms with van der Waals surface area (Å²) in [5, 5.41) is 3.01. The van der Waals surface area contributed by atoms with Crippen LogP contribution in [0.3, 0.4) is 0 Å². The third-order valence-electron chi connectivity index (χ3n) is 14.2. The van der Waals surface area contributed by atoms with Crippen LogP contribution in [0.5, 0.6) is 0 Å². The van der Waals surface area contributed by atoms with E-state index in [-0.39, 0.29) is 31.3 Å².